The molecule has 0 aliphatic carbocycles. The summed E-state index contributed by atoms with van der Waals surface area (Å²) < 4.78 is 1.35. The third kappa shape index (κ3) is 3.91. The average Bonchev–Trinajstić information content (AvgIpc) is 2.68. The number of aliphatic hydroxyl groups is 5. The molecule has 0 bridgehead atoms. The Labute approximate surface area is 163 Å². The number of aryl methyl sites for hydroxylation is 2. The van der Waals surface area contributed by atoms with Gasteiger partial charge in [-0.3, -0.25) is 9.78 Å². The van der Waals surface area contributed by atoms with Gasteiger partial charge in [-0.05, 0) is 37.1 Å². The summed E-state index contributed by atoms with van der Waals surface area (Å²) >= 11 is 0. The number of nitrogens with one attached hydrogen (secondary N) is 1. The van der Waals surface area contributed by atoms with Gasteiger partial charge in [-0.15, -0.1) is 0 Å². The van der Waals surface area contributed by atoms with Crippen LogP contribution in [0.1, 0.15) is 11.1 Å². The molecule has 0 spiro atoms. The molecule has 11 heteroatoms. The minimum absolute atomic E-state index is 0.0991. The first-order chi connectivity index (χ1) is 13.6. The maximum atomic E-state index is 12.2. The van der Waals surface area contributed by atoms with E-state index in [0.717, 1.165) is 11.1 Å². The number of hydrogen-bond donors (Lipinski definition) is 6. The highest BCUT2D eigenvalue weighted by Crippen LogP contribution is 2.24. The molecular weight excluding hydrogens is 384 g/mol. The Morgan fingerprint density at radius 3 is 2.28 bits per heavy atom. The van der Waals surface area contributed by atoms with Crippen molar-refractivity contribution >= 4 is 11.0 Å². The van der Waals surface area contributed by atoms with Crippen LogP contribution in [0.2, 0.25) is 0 Å². The first-order valence-corrected chi connectivity index (χ1v) is 8.89. The SMILES string of the molecule is Cc1cc2nc3c(=O)[nH]c(=O)nc-3n(C[C@@H](O)[C@H](O)[C@H](O)[C@H](O)CO)c2cc1C. The van der Waals surface area contributed by atoms with Gasteiger partial charge in [0.2, 0.25) is 0 Å². The van der Waals surface area contributed by atoms with E-state index in [0.29, 0.717) is 11.0 Å². The first kappa shape index (κ1) is 21.0. The summed E-state index contributed by atoms with van der Waals surface area (Å²) in [5.41, 5.74) is 0.864. The van der Waals surface area contributed by atoms with E-state index in [1.165, 1.54) is 4.57 Å². The highest BCUT2D eigenvalue weighted by atomic mass is 16.4. The second-order valence-corrected chi connectivity index (χ2v) is 6.99. The van der Waals surface area contributed by atoms with Gasteiger partial charge in [0.05, 0.1) is 24.2 Å². The number of aliphatic hydroxyl groups excluding tert-OH is 5. The van der Waals surface area contributed by atoms with E-state index in [1.54, 1.807) is 12.1 Å². The van der Waals surface area contributed by atoms with E-state index in [4.69, 9.17) is 5.11 Å². The Kier molecular flexibility index (Phi) is 5.78. The molecule has 0 saturated carbocycles. The second-order valence-electron chi connectivity index (χ2n) is 6.99. The van der Waals surface area contributed by atoms with Crippen LogP contribution >= 0.6 is 0 Å². The van der Waals surface area contributed by atoms with Crippen LogP contribution < -0.4 is 11.2 Å². The third-order valence-electron chi connectivity index (χ3n) is 4.92. The summed E-state index contributed by atoms with van der Waals surface area (Å²) in [6.07, 6.45) is -6.91. The van der Waals surface area contributed by atoms with Gasteiger partial charge in [-0.25, -0.2) is 9.78 Å². The van der Waals surface area contributed by atoms with Crippen LogP contribution in [0, 0.1) is 13.8 Å². The molecule has 6 N–H and O–H groups in total. The summed E-state index contributed by atoms with van der Waals surface area (Å²) in [6, 6.07) is 3.47. The lowest BCUT2D eigenvalue weighted by atomic mass is 10.0. The molecule has 29 heavy (non-hydrogen) atoms. The van der Waals surface area contributed by atoms with Crippen molar-refractivity contribution in [2.24, 2.45) is 0 Å². The Hall–Kier alpha value is -2.70. The fourth-order valence-corrected chi connectivity index (χ4v) is 3.09. The predicted molar refractivity (Wildman–Crippen MR) is 102 cm³/mol. The quantitative estimate of drug-likeness (QED) is 0.244. The molecule has 0 radical (unpaired) electrons. The molecule has 0 unspecified atom stereocenters. The lowest BCUT2D eigenvalue weighted by Crippen LogP contribution is -2.47. The van der Waals surface area contributed by atoms with E-state index in [-0.39, 0.29) is 18.1 Å². The third-order valence-corrected chi connectivity index (χ3v) is 4.92. The van der Waals surface area contributed by atoms with Gasteiger partial charge in [0.25, 0.3) is 5.56 Å². The summed E-state index contributed by atoms with van der Waals surface area (Å²) in [6.45, 7) is 2.53. The Bertz CT molecular complexity index is 1130. The van der Waals surface area contributed by atoms with Gasteiger partial charge >= 0.3 is 5.69 Å². The van der Waals surface area contributed by atoms with Gasteiger partial charge in [-0.1, -0.05) is 0 Å². The number of rotatable bonds is 6. The number of aromatic nitrogens is 4. The number of H-pyrrole nitrogens is 1. The van der Waals surface area contributed by atoms with Crippen LogP contribution in [0.15, 0.2) is 21.7 Å². The Morgan fingerprint density at radius 2 is 1.62 bits per heavy atom. The van der Waals surface area contributed by atoms with Crippen molar-refractivity contribution in [3.63, 3.8) is 0 Å². The summed E-state index contributed by atoms with van der Waals surface area (Å²) in [4.78, 5) is 34.1. The zero-order valence-corrected chi connectivity index (χ0v) is 15.8. The number of hydrogen-bond acceptors (Lipinski definition) is 9. The minimum Gasteiger partial charge on any atom is -0.394 e. The average molecular weight is 406 g/mol. The van der Waals surface area contributed by atoms with Crippen molar-refractivity contribution in [1.29, 1.82) is 0 Å². The second kappa shape index (κ2) is 7.97. The molecule has 156 valence electrons. The predicted octanol–water partition coefficient (Wildman–Crippen LogP) is -2.36. The number of benzene rings is 1. The highest BCUT2D eigenvalue weighted by molar-refractivity contribution is 5.81. The van der Waals surface area contributed by atoms with Crippen LogP contribution in [0.3, 0.4) is 0 Å². The molecule has 11 nitrogen and oxygen atoms in total. The summed E-state index contributed by atoms with van der Waals surface area (Å²) in [5, 5.41) is 48.9. The smallest absolute Gasteiger partial charge is 0.349 e. The van der Waals surface area contributed by atoms with Gasteiger partial charge in [0.1, 0.15) is 24.4 Å². The molecule has 0 fully saturated rings. The topological polar surface area (TPSA) is 182 Å². The standard InChI is InChI=1S/C18H22N4O7/c1-7-3-9-10(4-8(7)2)22(5-11(24)14(26)15(27)12(25)6-23)16-13(19-9)17(28)21-18(29)20-16/h3-4,11-12,14-15,23-27H,5-6H2,1-2H3,(H,21,28,29)/t11-,12-,14+,15-/m1/s1. The molecule has 2 aliphatic heterocycles. The number of nitrogens with zero attached hydrogens (tertiary/aromatic N) is 3. The van der Waals surface area contributed by atoms with Crippen LogP contribution in [0.25, 0.3) is 22.6 Å². The molecule has 2 aliphatic rings. The zero-order chi connectivity index (χ0) is 21.5. The van der Waals surface area contributed by atoms with E-state index in [9.17, 15) is 30.0 Å². The van der Waals surface area contributed by atoms with Crippen LogP contribution in [-0.2, 0) is 6.54 Å². The first-order valence-electron chi connectivity index (χ1n) is 8.89. The maximum absolute atomic E-state index is 12.2. The van der Waals surface area contributed by atoms with Crippen molar-refractivity contribution < 1.29 is 25.5 Å². The largest absolute Gasteiger partial charge is 0.394 e. The highest BCUT2D eigenvalue weighted by Gasteiger charge is 2.31. The normalized spacial score (nSPS) is 16.1. The number of fused-ring (bicyclic) bond motifs is 2. The van der Waals surface area contributed by atoms with Crippen molar-refractivity contribution in [1.82, 2.24) is 19.5 Å². The van der Waals surface area contributed by atoms with Crippen molar-refractivity contribution in [3.8, 4) is 11.5 Å². The summed E-state index contributed by atoms with van der Waals surface area (Å²) in [5.74, 6) is -0.0991. The van der Waals surface area contributed by atoms with E-state index in [2.05, 4.69) is 9.97 Å². The molecule has 1 aromatic rings. The van der Waals surface area contributed by atoms with Crippen molar-refractivity contribution in [2.45, 2.75) is 44.8 Å². The monoisotopic (exact) mass is 406 g/mol. The Balaban J connectivity index is 2.19. The molecule has 2 heterocycles. The van der Waals surface area contributed by atoms with Crippen molar-refractivity contribution in [3.05, 3.63) is 44.1 Å². The molecule has 0 amide bonds. The molecule has 1 aromatic carbocycles. The van der Waals surface area contributed by atoms with Gasteiger partial charge < -0.3 is 30.1 Å². The lowest BCUT2D eigenvalue weighted by molar-refractivity contribution is -0.117. The fourth-order valence-electron chi connectivity index (χ4n) is 3.09. The van der Waals surface area contributed by atoms with E-state index < -0.39 is 42.3 Å². The summed E-state index contributed by atoms with van der Waals surface area (Å²) in [7, 11) is 0. The van der Waals surface area contributed by atoms with Gasteiger partial charge in [0.15, 0.2) is 11.5 Å². The van der Waals surface area contributed by atoms with Crippen LogP contribution in [-0.4, -0.2) is 76.1 Å². The van der Waals surface area contributed by atoms with Gasteiger partial charge in [0, 0.05) is 0 Å². The Morgan fingerprint density at radius 1 is 1.00 bits per heavy atom. The molecule has 3 rings (SSSR count). The maximum Gasteiger partial charge on any atom is 0.349 e. The molecular formula is C18H22N4O7. The molecule has 0 aromatic heterocycles. The minimum atomic E-state index is -1.82. The van der Waals surface area contributed by atoms with Crippen LogP contribution in [0.5, 0.6) is 0 Å². The van der Waals surface area contributed by atoms with Crippen LogP contribution in [0.4, 0.5) is 0 Å². The lowest BCUT2D eigenvalue weighted by Gasteiger charge is -2.27. The zero-order valence-electron chi connectivity index (χ0n) is 15.8. The number of aromatic amines is 1. The molecule has 4 atom stereocenters. The fraction of sp³-hybridized carbons (Fsp3) is 0.444. The van der Waals surface area contributed by atoms with Crippen molar-refractivity contribution in [2.75, 3.05) is 6.61 Å². The van der Waals surface area contributed by atoms with E-state index in [1.807, 2.05) is 18.8 Å². The van der Waals surface area contributed by atoms with E-state index >= 15 is 0 Å². The molecule has 0 saturated heterocycles. The van der Waals surface area contributed by atoms with Gasteiger partial charge in [-0.2, -0.15) is 4.98 Å².